The highest BCUT2D eigenvalue weighted by atomic mass is 35.5. The minimum absolute atomic E-state index is 0.109. The molecule has 3 saturated heterocycles. The van der Waals surface area contributed by atoms with Crippen LogP contribution in [0.15, 0.2) is 30.6 Å². The summed E-state index contributed by atoms with van der Waals surface area (Å²) in [5.41, 5.74) is 1.70. The molecule has 0 aliphatic carbocycles. The van der Waals surface area contributed by atoms with Gasteiger partial charge in [-0.15, -0.1) is 0 Å². The van der Waals surface area contributed by atoms with E-state index in [9.17, 15) is 9.59 Å². The van der Waals surface area contributed by atoms with E-state index < -0.39 is 17.8 Å². The number of nitrogens with zero attached hydrogens (tertiary/aromatic N) is 4. The normalized spacial score (nSPS) is 25.3. The number of halogens is 1. The molecule has 2 atom stereocenters. The van der Waals surface area contributed by atoms with Gasteiger partial charge in [0.05, 0.1) is 48.3 Å². The number of amides is 2. The molecule has 2 aromatic heterocycles. The highest BCUT2D eigenvalue weighted by Crippen LogP contribution is 2.41. The Hall–Kier alpha value is -2.72. The second-order valence-corrected chi connectivity index (χ2v) is 10.1. The van der Waals surface area contributed by atoms with Crippen molar-refractivity contribution in [3.63, 3.8) is 0 Å². The number of benzene rings is 1. The summed E-state index contributed by atoms with van der Waals surface area (Å²) in [4.78, 5) is 40.8. The maximum atomic E-state index is 13.9. The lowest BCUT2D eigenvalue weighted by Crippen LogP contribution is -2.60. The summed E-state index contributed by atoms with van der Waals surface area (Å²) in [6.07, 6.45) is 2.68. The van der Waals surface area contributed by atoms with Crippen molar-refractivity contribution in [1.82, 2.24) is 19.8 Å². The predicted octanol–water partition coefficient (Wildman–Crippen LogP) is 2.38. The van der Waals surface area contributed by atoms with Crippen LogP contribution in [0.1, 0.15) is 13.8 Å². The SMILES string of the molecule is CC1(C)CN2[C@H](C(=O)N3CCOCC3)N(c3cc(Cl)cc4c3[nH]c3cnccc34)C(=O)[C@@H]2CO1. The number of pyridine rings is 1. The number of carbonyl (C=O) groups is 2. The van der Waals surface area contributed by atoms with Gasteiger partial charge in [-0.3, -0.25) is 24.4 Å². The third kappa shape index (κ3) is 3.38. The summed E-state index contributed by atoms with van der Waals surface area (Å²) in [6, 6.07) is 5.01. The van der Waals surface area contributed by atoms with Gasteiger partial charge in [0.25, 0.3) is 5.91 Å². The minimum atomic E-state index is -0.787. The van der Waals surface area contributed by atoms with Gasteiger partial charge in [0, 0.05) is 41.6 Å². The average Bonchev–Trinajstić information content (AvgIpc) is 3.33. The van der Waals surface area contributed by atoms with Crippen LogP contribution in [0.25, 0.3) is 21.8 Å². The largest absolute Gasteiger partial charge is 0.378 e. The van der Waals surface area contributed by atoms with Gasteiger partial charge in [0.1, 0.15) is 6.04 Å². The first kappa shape index (κ1) is 21.8. The lowest BCUT2D eigenvalue weighted by molar-refractivity contribution is -0.150. The Morgan fingerprint density at radius 1 is 1.24 bits per heavy atom. The van der Waals surface area contributed by atoms with E-state index in [1.54, 1.807) is 28.3 Å². The van der Waals surface area contributed by atoms with E-state index in [4.69, 9.17) is 21.1 Å². The number of carbonyl (C=O) groups excluding carboxylic acids is 2. The van der Waals surface area contributed by atoms with Gasteiger partial charge in [-0.25, -0.2) is 0 Å². The van der Waals surface area contributed by atoms with Crippen molar-refractivity contribution >= 4 is 50.9 Å². The summed E-state index contributed by atoms with van der Waals surface area (Å²) in [5.74, 6) is -0.273. The van der Waals surface area contributed by atoms with Crippen molar-refractivity contribution in [2.45, 2.75) is 31.7 Å². The number of fused-ring (bicyclic) bond motifs is 4. The molecule has 10 heteroatoms. The monoisotopic (exact) mass is 483 g/mol. The van der Waals surface area contributed by atoms with E-state index in [0.717, 1.165) is 21.8 Å². The second-order valence-electron chi connectivity index (χ2n) is 9.67. The fourth-order valence-corrected chi connectivity index (χ4v) is 5.55. The Morgan fingerprint density at radius 3 is 2.82 bits per heavy atom. The van der Waals surface area contributed by atoms with Crippen LogP contribution in [0.2, 0.25) is 5.02 Å². The zero-order valence-corrected chi connectivity index (χ0v) is 19.8. The zero-order valence-electron chi connectivity index (χ0n) is 19.1. The summed E-state index contributed by atoms with van der Waals surface area (Å²) < 4.78 is 11.4. The van der Waals surface area contributed by atoms with E-state index in [-0.39, 0.29) is 18.4 Å². The first-order valence-corrected chi connectivity index (χ1v) is 11.9. The van der Waals surface area contributed by atoms with Gasteiger partial charge in [0.2, 0.25) is 5.91 Å². The number of aromatic nitrogens is 2. The lowest BCUT2D eigenvalue weighted by Gasteiger charge is -2.42. The van der Waals surface area contributed by atoms with Crippen LogP contribution in [0.3, 0.4) is 0 Å². The third-order valence-corrected chi connectivity index (χ3v) is 7.15. The number of ether oxygens (including phenoxy) is 2. The van der Waals surface area contributed by atoms with E-state index >= 15 is 0 Å². The molecule has 3 aliphatic heterocycles. The molecule has 0 saturated carbocycles. The highest BCUT2D eigenvalue weighted by Gasteiger charge is 2.55. The number of morpholine rings is 2. The van der Waals surface area contributed by atoms with E-state index in [2.05, 4.69) is 9.97 Å². The number of hydrogen-bond donors (Lipinski definition) is 1. The van der Waals surface area contributed by atoms with Crippen LogP contribution in [-0.2, 0) is 19.1 Å². The molecule has 3 aromatic rings. The van der Waals surface area contributed by atoms with Crippen molar-refractivity contribution < 1.29 is 19.1 Å². The highest BCUT2D eigenvalue weighted by molar-refractivity contribution is 6.33. The number of nitrogens with one attached hydrogen (secondary N) is 1. The summed E-state index contributed by atoms with van der Waals surface area (Å²) >= 11 is 6.56. The fraction of sp³-hybridized carbons (Fsp3) is 0.458. The molecule has 0 unspecified atom stereocenters. The standard InChI is InChI=1S/C24H26ClN5O4/c1-24(2)13-29-19(12-34-24)22(31)30(21(29)23(32)28-5-7-33-8-6-28)18-10-14(25)9-16-15-3-4-26-11-17(15)27-20(16)18/h3-4,9-11,19,21,27H,5-8,12-13H2,1-2H3/t19-,21-/m0/s1. The molecule has 5 heterocycles. The molecular formula is C24H26ClN5O4. The first-order valence-electron chi connectivity index (χ1n) is 11.5. The van der Waals surface area contributed by atoms with Gasteiger partial charge in [-0.05, 0) is 32.0 Å². The topological polar surface area (TPSA) is 91.0 Å². The van der Waals surface area contributed by atoms with E-state index in [1.807, 2.05) is 30.9 Å². The summed E-state index contributed by atoms with van der Waals surface area (Å²) in [6.45, 7) is 6.62. The van der Waals surface area contributed by atoms with E-state index in [1.165, 1.54) is 0 Å². The predicted molar refractivity (Wildman–Crippen MR) is 128 cm³/mol. The Morgan fingerprint density at radius 2 is 2.03 bits per heavy atom. The Labute approximate surface area is 201 Å². The molecule has 34 heavy (non-hydrogen) atoms. The van der Waals surface area contributed by atoms with Crippen LogP contribution in [-0.4, -0.2) is 88.8 Å². The van der Waals surface area contributed by atoms with Crippen molar-refractivity contribution in [2.24, 2.45) is 0 Å². The van der Waals surface area contributed by atoms with Crippen molar-refractivity contribution in [1.29, 1.82) is 0 Å². The molecule has 0 spiro atoms. The summed E-state index contributed by atoms with van der Waals surface area (Å²) in [7, 11) is 0. The molecule has 3 aliphatic rings. The maximum absolute atomic E-state index is 13.9. The van der Waals surface area contributed by atoms with Gasteiger partial charge < -0.3 is 19.4 Å². The number of hydrogen-bond acceptors (Lipinski definition) is 6. The molecule has 1 N–H and O–H groups in total. The Balaban J connectivity index is 1.53. The van der Waals surface area contributed by atoms with Crippen LogP contribution >= 0.6 is 11.6 Å². The average molecular weight is 484 g/mol. The van der Waals surface area contributed by atoms with Gasteiger partial charge in [-0.1, -0.05) is 11.6 Å². The molecule has 178 valence electrons. The summed E-state index contributed by atoms with van der Waals surface area (Å²) in [5, 5.41) is 2.33. The number of rotatable bonds is 2. The molecule has 0 radical (unpaired) electrons. The Kier molecular flexibility index (Phi) is 5.07. The van der Waals surface area contributed by atoms with Gasteiger partial charge in [-0.2, -0.15) is 0 Å². The van der Waals surface area contributed by atoms with Crippen LogP contribution in [0.5, 0.6) is 0 Å². The maximum Gasteiger partial charge on any atom is 0.261 e. The molecule has 0 bridgehead atoms. The molecule has 1 aromatic carbocycles. The van der Waals surface area contributed by atoms with Crippen molar-refractivity contribution in [3.8, 4) is 0 Å². The van der Waals surface area contributed by atoms with Crippen LogP contribution < -0.4 is 4.90 Å². The Bertz CT molecular complexity index is 1300. The van der Waals surface area contributed by atoms with Crippen molar-refractivity contribution in [2.75, 3.05) is 44.4 Å². The molecular weight excluding hydrogens is 458 g/mol. The minimum Gasteiger partial charge on any atom is -0.378 e. The van der Waals surface area contributed by atoms with Crippen molar-refractivity contribution in [3.05, 3.63) is 35.6 Å². The first-order chi connectivity index (χ1) is 16.3. The zero-order chi connectivity index (χ0) is 23.6. The second kappa shape index (κ2) is 7.91. The molecule has 2 amide bonds. The van der Waals surface area contributed by atoms with E-state index in [0.29, 0.717) is 43.6 Å². The molecule has 3 fully saturated rings. The van der Waals surface area contributed by atoms with Gasteiger partial charge >= 0.3 is 0 Å². The van der Waals surface area contributed by atoms with Gasteiger partial charge in [0.15, 0.2) is 6.17 Å². The number of aromatic amines is 1. The third-order valence-electron chi connectivity index (χ3n) is 6.93. The lowest BCUT2D eigenvalue weighted by atomic mass is 10.0. The fourth-order valence-electron chi connectivity index (χ4n) is 5.33. The quantitative estimate of drug-likeness (QED) is 0.602. The molecule has 6 rings (SSSR count). The number of anilines is 1. The smallest absolute Gasteiger partial charge is 0.261 e. The number of H-pyrrole nitrogens is 1. The van der Waals surface area contributed by atoms with Crippen LogP contribution in [0.4, 0.5) is 5.69 Å². The molecule has 9 nitrogen and oxygen atoms in total. The van der Waals surface area contributed by atoms with Crippen LogP contribution in [0, 0.1) is 0 Å².